The van der Waals surface area contributed by atoms with Crippen molar-refractivity contribution < 1.29 is 13.5 Å². The first-order valence-electron chi connectivity index (χ1n) is 7.35. The van der Waals surface area contributed by atoms with Crippen molar-refractivity contribution in [2.75, 3.05) is 0 Å². The molecular formula is C18H10ClF2N3O. The molecule has 1 N–H and O–H groups in total. The molecule has 0 saturated heterocycles. The molecule has 124 valence electrons. The van der Waals surface area contributed by atoms with Crippen molar-refractivity contribution in [2.24, 2.45) is 0 Å². The lowest BCUT2D eigenvalue weighted by molar-refractivity contribution is 0.425. The van der Waals surface area contributed by atoms with Crippen LogP contribution >= 0.6 is 11.6 Å². The number of fused-ring (bicyclic) bond motifs is 1. The minimum absolute atomic E-state index is 0.116. The van der Waals surface area contributed by atoms with E-state index in [0.29, 0.717) is 10.7 Å². The normalized spacial score (nSPS) is 11.0. The van der Waals surface area contributed by atoms with Gasteiger partial charge in [0.2, 0.25) is 5.88 Å². The van der Waals surface area contributed by atoms with E-state index < -0.39 is 11.6 Å². The van der Waals surface area contributed by atoms with Crippen LogP contribution in [0.4, 0.5) is 8.78 Å². The fourth-order valence-electron chi connectivity index (χ4n) is 2.48. The standard InChI is InChI=1S/C18H10ClF2N3O/c19-13-4-2-1-3-11(13)17-12-6-8-16(22-18(12)24-23-17)25-15-7-5-10(20)9-14(15)21/h1-9H,(H,22,23,24). The molecule has 2 aromatic heterocycles. The van der Waals surface area contributed by atoms with E-state index >= 15 is 0 Å². The Morgan fingerprint density at radius 3 is 2.64 bits per heavy atom. The molecule has 4 aromatic rings. The number of H-pyrrole nitrogens is 1. The Bertz CT molecular complexity index is 1080. The molecule has 0 aliphatic heterocycles. The lowest BCUT2D eigenvalue weighted by atomic mass is 10.1. The summed E-state index contributed by atoms with van der Waals surface area (Å²) < 4.78 is 32.0. The van der Waals surface area contributed by atoms with Crippen molar-refractivity contribution in [1.29, 1.82) is 0 Å². The van der Waals surface area contributed by atoms with Crippen LogP contribution in [0.15, 0.2) is 54.6 Å². The van der Waals surface area contributed by atoms with Gasteiger partial charge in [0.15, 0.2) is 17.2 Å². The second-order valence-electron chi connectivity index (χ2n) is 5.28. The Labute approximate surface area is 146 Å². The van der Waals surface area contributed by atoms with Crippen molar-refractivity contribution in [3.63, 3.8) is 0 Å². The summed E-state index contributed by atoms with van der Waals surface area (Å²) >= 11 is 6.22. The molecule has 0 unspecified atom stereocenters. The number of pyridine rings is 1. The molecule has 2 aromatic carbocycles. The Balaban J connectivity index is 1.71. The Kier molecular flexibility index (Phi) is 3.82. The van der Waals surface area contributed by atoms with E-state index in [4.69, 9.17) is 16.3 Å². The van der Waals surface area contributed by atoms with Gasteiger partial charge in [-0.2, -0.15) is 10.1 Å². The van der Waals surface area contributed by atoms with Gasteiger partial charge in [-0.3, -0.25) is 5.10 Å². The lowest BCUT2D eigenvalue weighted by Crippen LogP contribution is -1.92. The highest BCUT2D eigenvalue weighted by Crippen LogP contribution is 2.32. The second kappa shape index (κ2) is 6.14. The van der Waals surface area contributed by atoms with Crippen LogP contribution in [0.5, 0.6) is 11.6 Å². The molecule has 0 amide bonds. The smallest absolute Gasteiger partial charge is 0.221 e. The molecule has 0 atom stereocenters. The van der Waals surface area contributed by atoms with Gasteiger partial charge in [0.25, 0.3) is 0 Å². The third-order valence-corrected chi connectivity index (χ3v) is 3.97. The summed E-state index contributed by atoms with van der Waals surface area (Å²) in [5.41, 5.74) is 1.93. The van der Waals surface area contributed by atoms with Gasteiger partial charge >= 0.3 is 0 Å². The number of halogens is 3. The molecule has 0 bridgehead atoms. The fourth-order valence-corrected chi connectivity index (χ4v) is 2.71. The van der Waals surface area contributed by atoms with Crippen molar-refractivity contribution >= 4 is 22.6 Å². The van der Waals surface area contributed by atoms with Crippen LogP contribution < -0.4 is 4.74 Å². The van der Waals surface area contributed by atoms with E-state index in [1.165, 1.54) is 6.07 Å². The Hall–Kier alpha value is -2.99. The highest BCUT2D eigenvalue weighted by atomic mass is 35.5. The third kappa shape index (κ3) is 2.92. The number of aromatic amines is 1. The zero-order chi connectivity index (χ0) is 17.4. The van der Waals surface area contributed by atoms with Crippen molar-refractivity contribution in [2.45, 2.75) is 0 Å². The summed E-state index contributed by atoms with van der Waals surface area (Å²) in [6, 6.07) is 13.8. The number of rotatable bonds is 3. The van der Waals surface area contributed by atoms with E-state index in [-0.39, 0.29) is 11.6 Å². The first-order chi connectivity index (χ1) is 12.1. The van der Waals surface area contributed by atoms with E-state index in [1.807, 2.05) is 18.2 Å². The summed E-state index contributed by atoms with van der Waals surface area (Å²) in [6.45, 7) is 0. The van der Waals surface area contributed by atoms with Gasteiger partial charge < -0.3 is 4.74 Å². The number of ether oxygens (including phenoxy) is 1. The Morgan fingerprint density at radius 1 is 1.00 bits per heavy atom. The van der Waals surface area contributed by atoms with Crippen molar-refractivity contribution in [3.05, 3.63) is 71.3 Å². The molecule has 4 rings (SSSR count). The molecule has 0 aliphatic carbocycles. The average molecular weight is 358 g/mol. The molecule has 7 heteroatoms. The minimum Gasteiger partial charge on any atom is -0.436 e. The lowest BCUT2D eigenvalue weighted by Gasteiger charge is -2.06. The SMILES string of the molecule is Fc1ccc(Oc2ccc3c(-c4ccccc4Cl)[nH]nc3n2)c(F)c1. The van der Waals surface area contributed by atoms with Crippen LogP contribution in [0.3, 0.4) is 0 Å². The quantitative estimate of drug-likeness (QED) is 0.537. The van der Waals surface area contributed by atoms with Crippen molar-refractivity contribution in [3.8, 4) is 22.9 Å². The molecule has 2 heterocycles. The van der Waals surface area contributed by atoms with E-state index in [9.17, 15) is 8.78 Å². The van der Waals surface area contributed by atoms with Gasteiger partial charge in [-0.05, 0) is 24.3 Å². The molecule has 25 heavy (non-hydrogen) atoms. The van der Waals surface area contributed by atoms with Gasteiger partial charge in [-0.15, -0.1) is 0 Å². The van der Waals surface area contributed by atoms with Crippen LogP contribution in [-0.2, 0) is 0 Å². The van der Waals surface area contributed by atoms with Crippen molar-refractivity contribution in [1.82, 2.24) is 15.2 Å². The summed E-state index contributed by atoms with van der Waals surface area (Å²) in [5.74, 6) is -1.45. The van der Waals surface area contributed by atoms with E-state index in [1.54, 1.807) is 18.2 Å². The molecule has 4 nitrogen and oxygen atoms in total. The first kappa shape index (κ1) is 15.5. The number of aromatic nitrogens is 3. The van der Waals surface area contributed by atoms with Crippen LogP contribution in [0.25, 0.3) is 22.3 Å². The largest absolute Gasteiger partial charge is 0.436 e. The average Bonchev–Trinajstić information content (AvgIpc) is 3.01. The predicted molar refractivity (Wildman–Crippen MR) is 90.8 cm³/mol. The van der Waals surface area contributed by atoms with Crippen LogP contribution in [-0.4, -0.2) is 15.2 Å². The number of benzene rings is 2. The van der Waals surface area contributed by atoms with Crippen LogP contribution in [0.1, 0.15) is 0 Å². The topological polar surface area (TPSA) is 50.8 Å². The highest BCUT2D eigenvalue weighted by Gasteiger charge is 2.13. The molecule has 0 spiro atoms. The molecule has 0 saturated carbocycles. The summed E-state index contributed by atoms with van der Waals surface area (Å²) in [6.07, 6.45) is 0. The highest BCUT2D eigenvalue weighted by molar-refractivity contribution is 6.33. The summed E-state index contributed by atoms with van der Waals surface area (Å²) in [7, 11) is 0. The van der Waals surface area contributed by atoms with Gasteiger partial charge in [0.1, 0.15) is 5.82 Å². The number of hydrogen-bond acceptors (Lipinski definition) is 3. The predicted octanol–water partition coefficient (Wildman–Crippen LogP) is 5.35. The van der Waals surface area contributed by atoms with Crippen LogP contribution in [0, 0.1) is 11.6 Å². The molecular weight excluding hydrogens is 348 g/mol. The maximum Gasteiger partial charge on any atom is 0.221 e. The minimum atomic E-state index is -0.805. The third-order valence-electron chi connectivity index (χ3n) is 3.64. The van der Waals surface area contributed by atoms with Gasteiger partial charge in [0.05, 0.1) is 5.69 Å². The molecule has 0 aliphatic rings. The van der Waals surface area contributed by atoms with E-state index in [2.05, 4.69) is 15.2 Å². The monoisotopic (exact) mass is 357 g/mol. The number of nitrogens with one attached hydrogen (secondary N) is 1. The second-order valence-corrected chi connectivity index (χ2v) is 5.68. The van der Waals surface area contributed by atoms with Crippen LogP contribution in [0.2, 0.25) is 5.02 Å². The van der Waals surface area contributed by atoms with E-state index in [0.717, 1.165) is 28.8 Å². The van der Waals surface area contributed by atoms with Gasteiger partial charge in [-0.1, -0.05) is 29.8 Å². The maximum absolute atomic E-state index is 13.7. The van der Waals surface area contributed by atoms with Gasteiger partial charge in [0, 0.05) is 28.1 Å². The molecule has 0 fully saturated rings. The van der Waals surface area contributed by atoms with Gasteiger partial charge in [-0.25, -0.2) is 8.78 Å². The zero-order valence-corrected chi connectivity index (χ0v) is 13.4. The Morgan fingerprint density at radius 2 is 1.84 bits per heavy atom. The zero-order valence-electron chi connectivity index (χ0n) is 12.6. The fraction of sp³-hybridized carbons (Fsp3) is 0. The molecule has 0 radical (unpaired) electrons. The number of hydrogen-bond donors (Lipinski definition) is 1. The summed E-state index contributed by atoms with van der Waals surface area (Å²) in [5, 5.41) is 8.39. The first-order valence-corrected chi connectivity index (χ1v) is 7.72. The maximum atomic E-state index is 13.7. The number of nitrogens with zero attached hydrogens (tertiary/aromatic N) is 2. The summed E-state index contributed by atoms with van der Waals surface area (Å²) in [4.78, 5) is 4.24.